The summed E-state index contributed by atoms with van der Waals surface area (Å²) in [6.45, 7) is 0.301. The van der Waals surface area contributed by atoms with Crippen LogP contribution in [0.1, 0.15) is 4.88 Å². The first-order valence-electron chi connectivity index (χ1n) is 9.93. The van der Waals surface area contributed by atoms with Gasteiger partial charge in [0.05, 0.1) is 26.3 Å². The summed E-state index contributed by atoms with van der Waals surface area (Å²) in [5.74, 6) is 1.27. The van der Waals surface area contributed by atoms with Gasteiger partial charge in [-0.1, -0.05) is 12.1 Å². The molecule has 0 fully saturated rings. The summed E-state index contributed by atoms with van der Waals surface area (Å²) in [5, 5.41) is 5.00. The van der Waals surface area contributed by atoms with Crippen LogP contribution in [0, 0.1) is 0 Å². The summed E-state index contributed by atoms with van der Waals surface area (Å²) in [6, 6.07) is 18.0. The van der Waals surface area contributed by atoms with Crippen molar-refractivity contribution >= 4 is 34.4 Å². The fraction of sp³-hybridized carbons (Fsp3) is 0.167. The number of thiophene rings is 1. The van der Waals surface area contributed by atoms with Crippen LogP contribution in [0.15, 0.2) is 71.7 Å². The Balaban J connectivity index is 1.52. The average molecular weight is 451 g/mol. The first-order valence-corrected chi connectivity index (χ1v) is 10.8. The summed E-state index contributed by atoms with van der Waals surface area (Å²) in [5.41, 5.74) is 1.26. The van der Waals surface area contributed by atoms with Crippen LogP contribution in [-0.2, 0) is 9.59 Å². The summed E-state index contributed by atoms with van der Waals surface area (Å²) >= 11 is 1.41. The van der Waals surface area contributed by atoms with Gasteiger partial charge in [-0.3, -0.25) is 14.5 Å². The normalized spacial score (nSPS) is 13.5. The molecule has 1 aliphatic rings. The quantitative estimate of drug-likeness (QED) is 0.496. The summed E-state index contributed by atoms with van der Waals surface area (Å²) in [7, 11) is 3.17. The molecule has 0 saturated heterocycles. The third-order valence-corrected chi connectivity index (χ3v) is 5.81. The first kappa shape index (κ1) is 21.5. The molecule has 1 aromatic heterocycles. The van der Waals surface area contributed by atoms with E-state index >= 15 is 0 Å². The van der Waals surface area contributed by atoms with Gasteiger partial charge in [0.25, 0.3) is 11.8 Å². The van der Waals surface area contributed by atoms with Crippen molar-refractivity contribution in [3.05, 3.63) is 76.6 Å². The van der Waals surface area contributed by atoms with E-state index in [1.54, 1.807) is 44.6 Å². The van der Waals surface area contributed by atoms with Gasteiger partial charge in [-0.2, -0.15) is 0 Å². The van der Waals surface area contributed by atoms with E-state index in [0.717, 1.165) is 10.6 Å². The molecule has 0 aliphatic carbocycles. The van der Waals surface area contributed by atoms with Crippen LogP contribution in [0.5, 0.6) is 17.2 Å². The molecule has 0 radical (unpaired) electrons. The number of nitrogens with one attached hydrogen (secondary N) is 1. The number of imide groups is 1. The van der Waals surface area contributed by atoms with Crippen LogP contribution in [0.2, 0.25) is 0 Å². The number of carbonyl (C=O) groups is 2. The van der Waals surface area contributed by atoms with Crippen molar-refractivity contribution in [2.24, 2.45) is 0 Å². The van der Waals surface area contributed by atoms with Gasteiger partial charge in [-0.05, 0) is 47.8 Å². The van der Waals surface area contributed by atoms with E-state index in [9.17, 15) is 9.59 Å². The molecular weight excluding hydrogens is 428 g/mol. The molecule has 2 heterocycles. The molecule has 0 spiro atoms. The van der Waals surface area contributed by atoms with E-state index < -0.39 is 0 Å². The number of methoxy groups -OCH3 is 2. The molecule has 0 atom stereocenters. The molecule has 4 rings (SSSR count). The predicted octanol–water partition coefficient (Wildman–Crippen LogP) is 4.04. The van der Waals surface area contributed by atoms with Crippen molar-refractivity contribution in [3.8, 4) is 17.2 Å². The Hall–Kier alpha value is -3.78. The van der Waals surface area contributed by atoms with Gasteiger partial charge in [0.1, 0.15) is 29.6 Å². The number of anilines is 1. The molecule has 3 aromatic rings. The second kappa shape index (κ2) is 9.57. The maximum atomic E-state index is 13.2. The van der Waals surface area contributed by atoms with Crippen molar-refractivity contribution in [1.29, 1.82) is 0 Å². The lowest BCUT2D eigenvalue weighted by molar-refractivity contribution is -0.137. The topological polar surface area (TPSA) is 77.1 Å². The number of carbonyl (C=O) groups excluding carboxylic acids is 2. The van der Waals surface area contributed by atoms with Crippen molar-refractivity contribution in [2.45, 2.75) is 0 Å². The van der Waals surface area contributed by atoms with Crippen LogP contribution in [-0.4, -0.2) is 44.1 Å². The summed E-state index contributed by atoms with van der Waals surface area (Å²) in [6.07, 6.45) is 0. The lowest BCUT2D eigenvalue weighted by atomic mass is 10.2. The van der Waals surface area contributed by atoms with Crippen molar-refractivity contribution in [3.63, 3.8) is 0 Å². The number of benzene rings is 2. The maximum absolute atomic E-state index is 13.2. The van der Waals surface area contributed by atoms with E-state index in [1.165, 1.54) is 16.2 Å². The van der Waals surface area contributed by atoms with Gasteiger partial charge in [0.15, 0.2) is 0 Å². The van der Waals surface area contributed by atoms with Crippen LogP contribution in [0.25, 0.3) is 5.57 Å². The summed E-state index contributed by atoms with van der Waals surface area (Å²) in [4.78, 5) is 28.3. The molecule has 164 valence electrons. The highest BCUT2D eigenvalue weighted by molar-refractivity contribution is 7.11. The van der Waals surface area contributed by atoms with Gasteiger partial charge in [-0.15, -0.1) is 11.3 Å². The number of hydrogen-bond donors (Lipinski definition) is 1. The minimum atomic E-state index is -0.389. The van der Waals surface area contributed by atoms with E-state index in [0.29, 0.717) is 22.8 Å². The molecule has 1 N–H and O–H groups in total. The molecule has 1 aliphatic heterocycles. The Morgan fingerprint density at radius 1 is 0.875 bits per heavy atom. The second-order valence-corrected chi connectivity index (χ2v) is 7.82. The van der Waals surface area contributed by atoms with Crippen LogP contribution < -0.4 is 19.5 Å². The minimum Gasteiger partial charge on any atom is -0.497 e. The third-order valence-electron chi connectivity index (χ3n) is 4.92. The average Bonchev–Trinajstić information content (AvgIpc) is 3.42. The Labute approximate surface area is 189 Å². The van der Waals surface area contributed by atoms with E-state index in [1.807, 2.05) is 35.7 Å². The maximum Gasteiger partial charge on any atom is 0.278 e. The standard InChI is InChI=1S/C24H22N2O5S/c1-29-17-8-10-18(11-9-17)31-13-12-26-23(27)21(20-7-4-14-32-20)22(24(26)28)25-16-5-3-6-19(15-16)30-2/h3-11,14-15,25H,12-13H2,1-2H3. The zero-order valence-electron chi connectivity index (χ0n) is 17.7. The Morgan fingerprint density at radius 2 is 1.62 bits per heavy atom. The smallest absolute Gasteiger partial charge is 0.278 e. The minimum absolute atomic E-state index is 0.127. The number of hydrogen-bond acceptors (Lipinski definition) is 7. The molecular formula is C24H22N2O5S. The molecule has 0 unspecified atom stereocenters. The van der Waals surface area contributed by atoms with Gasteiger partial charge >= 0.3 is 0 Å². The highest BCUT2D eigenvalue weighted by atomic mass is 32.1. The lowest BCUT2D eigenvalue weighted by Gasteiger charge is -2.16. The van der Waals surface area contributed by atoms with Crippen LogP contribution in [0.3, 0.4) is 0 Å². The molecule has 0 saturated carbocycles. The van der Waals surface area contributed by atoms with E-state index in [-0.39, 0.29) is 30.7 Å². The Morgan fingerprint density at radius 3 is 2.31 bits per heavy atom. The van der Waals surface area contributed by atoms with Crippen molar-refractivity contribution in [1.82, 2.24) is 4.90 Å². The number of ether oxygens (including phenoxy) is 3. The monoisotopic (exact) mass is 450 g/mol. The molecule has 2 amide bonds. The number of nitrogens with zero attached hydrogens (tertiary/aromatic N) is 1. The zero-order valence-corrected chi connectivity index (χ0v) is 18.5. The lowest BCUT2D eigenvalue weighted by Crippen LogP contribution is -2.35. The Bertz CT molecular complexity index is 1140. The molecule has 32 heavy (non-hydrogen) atoms. The van der Waals surface area contributed by atoms with Crippen LogP contribution in [0.4, 0.5) is 5.69 Å². The second-order valence-electron chi connectivity index (χ2n) is 6.87. The van der Waals surface area contributed by atoms with Crippen molar-refractivity contribution < 1.29 is 23.8 Å². The molecule has 0 bridgehead atoms. The van der Waals surface area contributed by atoms with Crippen LogP contribution >= 0.6 is 11.3 Å². The highest BCUT2D eigenvalue weighted by Gasteiger charge is 2.39. The first-order chi connectivity index (χ1) is 15.6. The van der Waals surface area contributed by atoms with Gasteiger partial charge < -0.3 is 19.5 Å². The van der Waals surface area contributed by atoms with E-state index in [2.05, 4.69) is 5.32 Å². The largest absolute Gasteiger partial charge is 0.497 e. The fourth-order valence-electron chi connectivity index (χ4n) is 3.32. The van der Waals surface area contributed by atoms with Gasteiger partial charge in [0.2, 0.25) is 0 Å². The van der Waals surface area contributed by atoms with Gasteiger partial charge in [0, 0.05) is 16.6 Å². The zero-order chi connectivity index (χ0) is 22.5. The number of rotatable bonds is 9. The predicted molar refractivity (Wildman–Crippen MR) is 123 cm³/mol. The third kappa shape index (κ3) is 4.45. The van der Waals surface area contributed by atoms with E-state index in [4.69, 9.17) is 14.2 Å². The molecule has 7 nitrogen and oxygen atoms in total. The number of amides is 2. The highest BCUT2D eigenvalue weighted by Crippen LogP contribution is 2.33. The van der Waals surface area contributed by atoms with Gasteiger partial charge in [-0.25, -0.2) is 0 Å². The van der Waals surface area contributed by atoms with Crippen molar-refractivity contribution in [2.75, 3.05) is 32.7 Å². The molecule has 2 aromatic carbocycles. The fourth-order valence-corrected chi connectivity index (χ4v) is 4.08. The summed E-state index contributed by atoms with van der Waals surface area (Å²) < 4.78 is 16.1. The SMILES string of the molecule is COc1ccc(OCCN2C(=O)C(Nc3cccc(OC)c3)=C(c3cccs3)C2=O)cc1. The molecule has 8 heteroatoms. The Kier molecular flexibility index (Phi) is 6.42.